The van der Waals surface area contributed by atoms with Gasteiger partial charge in [0.25, 0.3) is 0 Å². The van der Waals surface area contributed by atoms with Gasteiger partial charge < -0.3 is 10.6 Å². The summed E-state index contributed by atoms with van der Waals surface area (Å²) >= 11 is 0. The first-order valence-corrected chi connectivity index (χ1v) is 5.91. The van der Waals surface area contributed by atoms with Crippen LogP contribution in [0.15, 0.2) is 0 Å². The molecule has 2 N–H and O–H groups in total. The molecular formula is C11H23N3O. The molecule has 0 bridgehead atoms. The van der Waals surface area contributed by atoms with E-state index in [-0.39, 0.29) is 11.9 Å². The van der Waals surface area contributed by atoms with Crippen LogP contribution in [0.2, 0.25) is 0 Å². The normalized spacial score (nSPS) is 24.9. The van der Waals surface area contributed by atoms with Crippen LogP contribution in [0, 0.1) is 0 Å². The fourth-order valence-electron chi connectivity index (χ4n) is 1.98. The second-order valence-corrected chi connectivity index (χ2v) is 4.26. The molecule has 1 aliphatic heterocycles. The minimum atomic E-state index is -0.00588. The third kappa shape index (κ3) is 3.47. The van der Waals surface area contributed by atoms with Crippen molar-refractivity contribution in [2.45, 2.75) is 39.3 Å². The number of rotatable bonds is 4. The summed E-state index contributed by atoms with van der Waals surface area (Å²) in [6, 6.07) is 0.440. The van der Waals surface area contributed by atoms with E-state index in [2.05, 4.69) is 29.4 Å². The summed E-state index contributed by atoms with van der Waals surface area (Å²) in [6.07, 6.45) is 0.996. The van der Waals surface area contributed by atoms with E-state index in [1.807, 2.05) is 6.92 Å². The summed E-state index contributed by atoms with van der Waals surface area (Å²) < 4.78 is 0. The van der Waals surface area contributed by atoms with Gasteiger partial charge in [-0.15, -0.1) is 0 Å². The quantitative estimate of drug-likeness (QED) is 0.701. The summed E-state index contributed by atoms with van der Waals surface area (Å²) in [5.41, 5.74) is 0. The second kappa shape index (κ2) is 6.08. The summed E-state index contributed by atoms with van der Waals surface area (Å²) in [6.45, 7) is 9.92. The molecule has 1 rings (SSSR count). The Balaban J connectivity index is 2.42. The second-order valence-electron chi connectivity index (χ2n) is 4.26. The lowest BCUT2D eigenvalue weighted by Crippen LogP contribution is -2.57. The highest BCUT2D eigenvalue weighted by molar-refractivity contribution is 5.81. The van der Waals surface area contributed by atoms with E-state index in [0.29, 0.717) is 6.04 Å². The van der Waals surface area contributed by atoms with Crippen LogP contribution >= 0.6 is 0 Å². The molecule has 88 valence electrons. The van der Waals surface area contributed by atoms with Crippen molar-refractivity contribution in [3.05, 3.63) is 0 Å². The van der Waals surface area contributed by atoms with Gasteiger partial charge in [-0.2, -0.15) is 0 Å². The lowest BCUT2D eigenvalue weighted by molar-refractivity contribution is -0.127. The van der Waals surface area contributed by atoms with Gasteiger partial charge in [-0.25, -0.2) is 0 Å². The van der Waals surface area contributed by atoms with Crippen molar-refractivity contribution in [3.8, 4) is 0 Å². The maximum absolute atomic E-state index is 11.8. The van der Waals surface area contributed by atoms with Crippen LogP contribution < -0.4 is 10.6 Å². The first kappa shape index (κ1) is 12.5. The molecule has 0 aliphatic carbocycles. The zero-order valence-corrected chi connectivity index (χ0v) is 10.0. The predicted molar refractivity (Wildman–Crippen MR) is 61.8 cm³/mol. The van der Waals surface area contributed by atoms with Crippen molar-refractivity contribution in [2.24, 2.45) is 0 Å². The van der Waals surface area contributed by atoms with E-state index in [1.54, 1.807) is 0 Å². The fraction of sp³-hybridized carbons (Fsp3) is 0.909. The Kier molecular flexibility index (Phi) is 5.05. The van der Waals surface area contributed by atoms with Crippen LogP contribution in [0.1, 0.15) is 27.2 Å². The molecule has 0 aromatic heterocycles. The maximum atomic E-state index is 11.8. The lowest BCUT2D eigenvalue weighted by atomic mass is 10.1. The third-order valence-corrected chi connectivity index (χ3v) is 2.98. The van der Waals surface area contributed by atoms with Crippen molar-refractivity contribution in [1.82, 2.24) is 15.5 Å². The molecule has 0 aromatic carbocycles. The monoisotopic (exact) mass is 213 g/mol. The number of carbonyl (C=O) groups is 1. The Morgan fingerprint density at radius 1 is 1.67 bits per heavy atom. The molecule has 1 unspecified atom stereocenters. The highest BCUT2D eigenvalue weighted by Gasteiger charge is 2.26. The van der Waals surface area contributed by atoms with Crippen LogP contribution in [-0.2, 0) is 4.79 Å². The van der Waals surface area contributed by atoms with Gasteiger partial charge in [0.1, 0.15) is 0 Å². The van der Waals surface area contributed by atoms with Gasteiger partial charge in [-0.05, 0) is 20.3 Å². The number of nitrogens with one attached hydrogen (secondary N) is 2. The smallest absolute Gasteiger partial charge is 0.237 e. The number of nitrogens with zero attached hydrogens (tertiary/aromatic N) is 1. The molecule has 1 saturated heterocycles. The van der Waals surface area contributed by atoms with E-state index in [4.69, 9.17) is 0 Å². The van der Waals surface area contributed by atoms with Crippen LogP contribution in [0.3, 0.4) is 0 Å². The van der Waals surface area contributed by atoms with Crippen molar-refractivity contribution in [2.75, 3.05) is 26.2 Å². The first-order valence-electron chi connectivity index (χ1n) is 5.91. The number of piperazine rings is 1. The molecule has 1 heterocycles. The van der Waals surface area contributed by atoms with Gasteiger partial charge in [0.2, 0.25) is 5.91 Å². The van der Waals surface area contributed by atoms with E-state index in [9.17, 15) is 4.79 Å². The van der Waals surface area contributed by atoms with Gasteiger partial charge in [0.05, 0.1) is 6.04 Å². The highest BCUT2D eigenvalue weighted by Crippen LogP contribution is 2.07. The Labute approximate surface area is 92.4 Å². The number of carbonyl (C=O) groups excluding carboxylic acids is 1. The van der Waals surface area contributed by atoms with Crippen molar-refractivity contribution < 1.29 is 4.79 Å². The van der Waals surface area contributed by atoms with Gasteiger partial charge in [0, 0.05) is 32.2 Å². The summed E-state index contributed by atoms with van der Waals surface area (Å²) in [7, 11) is 0. The van der Waals surface area contributed by atoms with E-state index in [1.165, 1.54) is 0 Å². The average molecular weight is 213 g/mol. The maximum Gasteiger partial charge on any atom is 0.237 e. The van der Waals surface area contributed by atoms with Crippen molar-refractivity contribution in [1.29, 1.82) is 0 Å². The zero-order chi connectivity index (χ0) is 11.3. The Morgan fingerprint density at radius 3 is 3.00 bits per heavy atom. The minimum Gasteiger partial charge on any atom is -0.355 e. The van der Waals surface area contributed by atoms with Crippen LogP contribution in [0.25, 0.3) is 0 Å². The Hall–Kier alpha value is -0.610. The summed E-state index contributed by atoms with van der Waals surface area (Å²) in [5.74, 6) is 0.158. The minimum absolute atomic E-state index is 0.00588. The summed E-state index contributed by atoms with van der Waals surface area (Å²) in [5, 5.41) is 6.28. The standard InChI is InChI=1S/C11H23N3O/c1-4-5-13-11(15)10(3)14-7-6-12-8-9(14)2/h9-10,12H,4-8H2,1-3H3,(H,13,15)/t9-,10?/m0/s1. The number of hydrogen-bond donors (Lipinski definition) is 2. The zero-order valence-electron chi connectivity index (χ0n) is 10.0. The topological polar surface area (TPSA) is 44.4 Å². The van der Waals surface area contributed by atoms with Crippen LogP contribution in [0.5, 0.6) is 0 Å². The SMILES string of the molecule is CCCNC(=O)C(C)N1CCNC[C@@H]1C. The molecule has 1 amide bonds. The molecule has 1 aliphatic rings. The molecule has 0 aromatic rings. The average Bonchev–Trinajstić information content (AvgIpc) is 2.25. The van der Waals surface area contributed by atoms with Gasteiger partial charge in [-0.3, -0.25) is 9.69 Å². The van der Waals surface area contributed by atoms with Crippen LogP contribution in [0.4, 0.5) is 0 Å². The molecule has 1 fully saturated rings. The fourth-order valence-corrected chi connectivity index (χ4v) is 1.98. The predicted octanol–water partition coefficient (Wildman–Crippen LogP) is 0.195. The van der Waals surface area contributed by atoms with E-state index in [0.717, 1.165) is 32.6 Å². The Bertz CT molecular complexity index is 208. The molecule has 0 radical (unpaired) electrons. The molecule has 2 atom stereocenters. The van der Waals surface area contributed by atoms with Gasteiger partial charge >= 0.3 is 0 Å². The van der Waals surface area contributed by atoms with E-state index >= 15 is 0 Å². The highest BCUT2D eigenvalue weighted by atomic mass is 16.2. The molecule has 0 spiro atoms. The van der Waals surface area contributed by atoms with Crippen LogP contribution in [-0.4, -0.2) is 49.1 Å². The largest absolute Gasteiger partial charge is 0.355 e. The van der Waals surface area contributed by atoms with Gasteiger partial charge in [0.15, 0.2) is 0 Å². The third-order valence-electron chi connectivity index (χ3n) is 2.98. The molecule has 4 nitrogen and oxygen atoms in total. The molecular weight excluding hydrogens is 190 g/mol. The van der Waals surface area contributed by atoms with Gasteiger partial charge in [-0.1, -0.05) is 6.92 Å². The lowest BCUT2D eigenvalue weighted by Gasteiger charge is -2.37. The van der Waals surface area contributed by atoms with E-state index < -0.39 is 0 Å². The number of hydrogen-bond acceptors (Lipinski definition) is 3. The Morgan fingerprint density at radius 2 is 2.40 bits per heavy atom. The molecule has 15 heavy (non-hydrogen) atoms. The summed E-state index contributed by atoms with van der Waals surface area (Å²) in [4.78, 5) is 14.0. The molecule has 4 heteroatoms. The number of amides is 1. The first-order chi connectivity index (χ1) is 7.16. The van der Waals surface area contributed by atoms with Crippen molar-refractivity contribution in [3.63, 3.8) is 0 Å². The molecule has 0 saturated carbocycles. The van der Waals surface area contributed by atoms with Crippen molar-refractivity contribution >= 4 is 5.91 Å².